The molecular weight excluding hydrogens is 625 g/mol. The van der Waals surface area contributed by atoms with E-state index in [1.807, 2.05) is 158 Å². The summed E-state index contributed by atoms with van der Waals surface area (Å²) in [6, 6.07) is 51.9. The maximum Gasteiger partial charge on any atom is 0.0636 e. The first-order chi connectivity index (χ1) is 28.7. The Morgan fingerprint density at radius 2 is 0.846 bits per heavy atom. The van der Waals surface area contributed by atoms with E-state index in [1.54, 1.807) is 0 Å². The number of fused-ring (bicyclic) bond motifs is 4. The van der Waals surface area contributed by atoms with Gasteiger partial charge in [-0.2, -0.15) is 0 Å². The van der Waals surface area contributed by atoms with Crippen molar-refractivity contribution in [2.24, 2.45) is 0 Å². The molecule has 0 saturated heterocycles. The highest BCUT2D eigenvalue weighted by molar-refractivity contribution is 6.22. The van der Waals surface area contributed by atoms with Crippen LogP contribution < -0.4 is 0 Å². The van der Waals surface area contributed by atoms with Gasteiger partial charge in [-0.05, 0) is 129 Å². The van der Waals surface area contributed by atoms with Crippen LogP contribution in [-0.2, 0) is 0 Å². The second-order valence-corrected chi connectivity index (χ2v) is 13.1. The molecule has 0 spiro atoms. The molecule has 0 aliphatic heterocycles. The van der Waals surface area contributed by atoms with E-state index in [2.05, 4.69) is 6.07 Å². The molecule has 0 N–H and O–H groups in total. The summed E-state index contributed by atoms with van der Waals surface area (Å²) < 4.78 is 67.3. The summed E-state index contributed by atoms with van der Waals surface area (Å²) >= 11 is 0. The molecule has 0 saturated carbocycles. The van der Waals surface area contributed by atoms with Gasteiger partial charge in [-0.25, -0.2) is 0 Å². The Bertz CT molecular complexity index is 3280. The van der Waals surface area contributed by atoms with E-state index in [0.717, 1.165) is 43.8 Å². The standard InChI is InChI=1S/C52H34/c1-3-14-35(15-4-1)42-31-43(36-16-5-2-6-17-36)33-44(32-42)52-48-24-12-11-23-47(48)51(41-27-26-37-18-7-8-20-39(37)30-41)50-34-40(28-29-49(50)52)46-25-13-21-38-19-9-10-22-45(38)46/h1-34H/i11D,12D,23D,24D,28D,29D,34D. The van der Waals surface area contributed by atoms with Crippen molar-refractivity contribution in [3.63, 3.8) is 0 Å². The highest BCUT2D eigenvalue weighted by Crippen LogP contribution is 2.47. The Labute approximate surface area is 313 Å². The first-order valence-corrected chi connectivity index (χ1v) is 17.4. The second-order valence-electron chi connectivity index (χ2n) is 13.1. The molecule has 242 valence electrons. The molecule has 0 nitrogen and oxygen atoms in total. The Morgan fingerprint density at radius 1 is 0.288 bits per heavy atom. The van der Waals surface area contributed by atoms with Crippen molar-refractivity contribution in [3.05, 3.63) is 206 Å². The first-order valence-electron chi connectivity index (χ1n) is 20.9. The minimum Gasteiger partial charge on any atom is -0.0622 e. The summed E-state index contributed by atoms with van der Waals surface area (Å²) in [5.41, 5.74) is 6.65. The van der Waals surface area contributed by atoms with E-state index in [4.69, 9.17) is 2.74 Å². The maximum absolute atomic E-state index is 10.3. The van der Waals surface area contributed by atoms with Gasteiger partial charge in [-0.15, -0.1) is 0 Å². The fraction of sp³-hybridized carbons (Fsp3) is 0. The van der Waals surface area contributed by atoms with E-state index in [0.29, 0.717) is 33.2 Å². The second kappa shape index (κ2) is 12.5. The molecule has 0 radical (unpaired) electrons. The van der Waals surface area contributed by atoms with Gasteiger partial charge in [0, 0.05) is 0 Å². The van der Waals surface area contributed by atoms with Gasteiger partial charge in [0.1, 0.15) is 0 Å². The molecule has 0 heterocycles. The summed E-state index contributed by atoms with van der Waals surface area (Å²) in [5, 5.41) is 4.82. The third-order valence-electron chi connectivity index (χ3n) is 10.0. The molecule has 0 aliphatic rings. The zero-order chi connectivity index (χ0) is 40.5. The van der Waals surface area contributed by atoms with Crippen LogP contribution in [0.5, 0.6) is 0 Å². The lowest BCUT2D eigenvalue weighted by molar-refractivity contribution is 1.58. The number of hydrogen-bond acceptors (Lipinski definition) is 0. The molecule has 10 rings (SSSR count). The van der Waals surface area contributed by atoms with E-state index in [-0.39, 0.29) is 58.0 Å². The zero-order valence-electron chi connectivity index (χ0n) is 35.1. The average molecular weight is 666 g/mol. The molecule has 52 heavy (non-hydrogen) atoms. The topological polar surface area (TPSA) is 0 Å². The molecule has 0 atom stereocenters. The molecule has 0 aliphatic carbocycles. The lowest BCUT2D eigenvalue weighted by Gasteiger charge is -2.20. The Kier molecular flexibility index (Phi) is 5.69. The Balaban J connectivity index is 1.47. The average Bonchev–Trinajstić information content (AvgIpc) is 3.28. The van der Waals surface area contributed by atoms with Gasteiger partial charge in [0.05, 0.1) is 9.60 Å². The number of benzene rings is 10. The highest BCUT2D eigenvalue weighted by atomic mass is 14.2. The van der Waals surface area contributed by atoms with Gasteiger partial charge in [0.2, 0.25) is 0 Å². The molecule has 0 fully saturated rings. The largest absolute Gasteiger partial charge is 0.0636 e. The van der Waals surface area contributed by atoms with E-state index in [9.17, 15) is 6.85 Å². The molecule has 0 bridgehead atoms. The van der Waals surface area contributed by atoms with Gasteiger partial charge >= 0.3 is 0 Å². The van der Waals surface area contributed by atoms with Crippen molar-refractivity contribution in [2.45, 2.75) is 0 Å². The molecule has 0 unspecified atom stereocenters. The third kappa shape index (κ3) is 5.16. The van der Waals surface area contributed by atoms with Crippen molar-refractivity contribution in [1.29, 1.82) is 0 Å². The Hall–Kier alpha value is -6.76. The van der Waals surface area contributed by atoms with Crippen LogP contribution >= 0.6 is 0 Å². The van der Waals surface area contributed by atoms with Gasteiger partial charge in [-0.3, -0.25) is 0 Å². The fourth-order valence-corrected chi connectivity index (χ4v) is 7.59. The van der Waals surface area contributed by atoms with Crippen molar-refractivity contribution in [1.82, 2.24) is 0 Å². The molecular formula is C52H34. The summed E-state index contributed by atoms with van der Waals surface area (Å²) in [5.74, 6) is 0. The summed E-state index contributed by atoms with van der Waals surface area (Å²) in [6.45, 7) is 0. The lowest BCUT2D eigenvalue weighted by atomic mass is 9.83. The van der Waals surface area contributed by atoms with E-state index >= 15 is 0 Å². The maximum atomic E-state index is 10.3. The van der Waals surface area contributed by atoms with Crippen LogP contribution in [0.2, 0.25) is 0 Å². The van der Waals surface area contributed by atoms with Gasteiger partial charge in [0.25, 0.3) is 0 Å². The van der Waals surface area contributed by atoms with Gasteiger partial charge in [-0.1, -0.05) is 176 Å². The summed E-state index contributed by atoms with van der Waals surface area (Å²) in [4.78, 5) is 0. The van der Waals surface area contributed by atoms with E-state index < -0.39 is 6.04 Å². The quantitative estimate of drug-likeness (QED) is 0.161. The molecule has 10 aromatic carbocycles. The molecule has 10 aromatic rings. The Morgan fingerprint density at radius 3 is 1.56 bits per heavy atom. The number of rotatable bonds is 5. The lowest BCUT2D eigenvalue weighted by Crippen LogP contribution is -1.93. The molecule has 0 heteroatoms. The molecule has 0 amide bonds. The monoisotopic (exact) mass is 665 g/mol. The van der Waals surface area contributed by atoms with Gasteiger partial charge in [0.15, 0.2) is 0 Å². The predicted octanol–water partition coefficient (Wildman–Crippen LogP) is 14.6. The molecule has 0 aromatic heterocycles. The minimum atomic E-state index is -0.397. The van der Waals surface area contributed by atoms with Crippen LogP contribution in [0.1, 0.15) is 9.60 Å². The van der Waals surface area contributed by atoms with Crippen molar-refractivity contribution in [3.8, 4) is 55.6 Å². The van der Waals surface area contributed by atoms with Crippen LogP contribution in [-0.4, -0.2) is 0 Å². The third-order valence-corrected chi connectivity index (χ3v) is 10.0. The van der Waals surface area contributed by atoms with Gasteiger partial charge < -0.3 is 0 Å². The van der Waals surface area contributed by atoms with Crippen LogP contribution in [0.25, 0.3) is 98.7 Å². The SMILES string of the molecule is [2H]c1c([2H])c([2H])c2c(-c3ccc4ccccc4c3)c3c([2H])c(-c4cccc5ccccc45)c([2H])c([2H])c3c(-c3cc(-c4ccccc4)cc(-c4ccccc4)c3)c2c1[2H]. The van der Waals surface area contributed by atoms with Crippen molar-refractivity contribution >= 4 is 43.1 Å². The minimum absolute atomic E-state index is 0.0126. The van der Waals surface area contributed by atoms with Crippen LogP contribution in [0.3, 0.4) is 0 Å². The fourth-order valence-electron chi connectivity index (χ4n) is 7.59. The smallest absolute Gasteiger partial charge is 0.0622 e. The normalized spacial score (nSPS) is 13.3. The first kappa shape index (κ1) is 23.6. The number of hydrogen-bond donors (Lipinski definition) is 0. The zero-order valence-corrected chi connectivity index (χ0v) is 28.1. The summed E-state index contributed by atoms with van der Waals surface area (Å²) in [6.07, 6.45) is 0. The van der Waals surface area contributed by atoms with Crippen molar-refractivity contribution < 1.29 is 9.60 Å². The predicted molar refractivity (Wildman–Crippen MR) is 224 cm³/mol. The van der Waals surface area contributed by atoms with Crippen molar-refractivity contribution in [2.75, 3.05) is 0 Å². The highest BCUT2D eigenvalue weighted by Gasteiger charge is 2.19. The van der Waals surface area contributed by atoms with Crippen LogP contribution in [0.4, 0.5) is 0 Å². The van der Waals surface area contributed by atoms with Crippen LogP contribution in [0.15, 0.2) is 206 Å². The summed E-state index contributed by atoms with van der Waals surface area (Å²) in [7, 11) is 0. The van der Waals surface area contributed by atoms with E-state index in [1.165, 1.54) is 0 Å². The van der Waals surface area contributed by atoms with Crippen LogP contribution in [0, 0.1) is 0 Å².